The Morgan fingerprint density at radius 1 is 1.34 bits per heavy atom. The number of benzene rings is 1. The number of aldehydes is 1. The summed E-state index contributed by atoms with van der Waals surface area (Å²) in [5.74, 6) is 2.79. The van der Waals surface area contributed by atoms with Gasteiger partial charge in [-0.3, -0.25) is 9.59 Å². The Hall–Kier alpha value is -3.20. The Morgan fingerprint density at radius 3 is 2.86 bits per heavy atom. The van der Waals surface area contributed by atoms with Gasteiger partial charge in [-0.25, -0.2) is 4.98 Å². The van der Waals surface area contributed by atoms with Crippen LogP contribution in [-0.2, 0) is 0 Å². The van der Waals surface area contributed by atoms with E-state index in [1.807, 2.05) is 0 Å². The zero-order chi connectivity index (χ0) is 25.2. The molecule has 0 spiro atoms. The van der Waals surface area contributed by atoms with Crippen LogP contribution in [-0.4, -0.2) is 60.3 Å². The van der Waals surface area contributed by atoms with Gasteiger partial charge >= 0.3 is 0 Å². The lowest BCUT2D eigenvalue weighted by molar-refractivity contribution is 0.111. The van der Waals surface area contributed by atoms with Crippen LogP contribution in [0.1, 0.15) is 80.0 Å². The minimum Gasteiger partial charge on any atom is -0.454 e. The summed E-state index contributed by atoms with van der Waals surface area (Å²) in [5, 5.41) is 11.0. The van der Waals surface area contributed by atoms with Gasteiger partial charge in [-0.1, -0.05) is 32.8 Å². The van der Waals surface area contributed by atoms with Gasteiger partial charge < -0.3 is 30.1 Å². The summed E-state index contributed by atoms with van der Waals surface area (Å²) >= 11 is 0. The molecular weight excluding hydrogens is 446 g/mol. The van der Waals surface area contributed by atoms with E-state index >= 15 is 0 Å². The summed E-state index contributed by atoms with van der Waals surface area (Å²) in [6, 6.07) is 5.52. The van der Waals surface area contributed by atoms with Crippen LogP contribution in [0.4, 0.5) is 5.82 Å². The predicted molar refractivity (Wildman–Crippen MR) is 137 cm³/mol. The fourth-order valence-electron chi connectivity index (χ4n) is 4.39. The van der Waals surface area contributed by atoms with Crippen molar-refractivity contribution < 1.29 is 14.3 Å². The van der Waals surface area contributed by atoms with Crippen LogP contribution < -0.4 is 20.3 Å². The van der Waals surface area contributed by atoms with Crippen LogP contribution in [0.25, 0.3) is 0 Å². The molecule has 4 rings (SSSR count). The van der Waals surface area contributed by atoms with Crippen LogP contribution in [0.15, 0.2) is 23.0 Å². The molecule has 0 bridgehead atoms. The second kappa shape index (κ2) is 13.0. The number of nitrogens with zero attached hydrogens (tertiary/aromatic N) is 2. The third-order valence-corrected chi connectivity index (χ3v) is 6.42. The normalized spacial score (nSPS) is 17.7. The predicted octanol–water partition coefficient (Wildman–Crippen LogP) is 4.19. The molecule has 2 atom stereocenters. The molecule has 2 aliphatic rings. The molecule has 9 heteroatoms. The van der Waals surface area contributed by atoms with Crippen molar-refractivity contribution in [1.82, 2.24) is 14.9 Å². The maximum Gasteiger partial charge on any atom is 0.261 e. The van der Waals surface area contributed by atoms with Crippen molar-refractivity contribution in [3.05, 3.63) is 45.5 Å². The number of para-hydroxylation sites is 1. The lowest BCUT2D eigenvalue weighted by atomic mass is 9.97. The molecule has 2 unspecified atom stereocenters. The first-order valence-corrected chi connectivity index (χ1v) is 12.4. The molecule has 9 nitrogen and oxygen atoms in total. The Bertz CT molecular complexity index is 1050. The average Bonchev–Trinajstić information content (AvgIpc) is 3.36. The molecule has 3 N–H and O–H groups in total. The lowest BCUT2D eigenvalue weighted by Crippen LogP contribution is -2.33. The zero-order valence-corrected chi connectivity index (χ0v) is 20.9. The molecule has 1 fully saturated rings. The van der Waals surface area contributed by atoms with Gasteiger partial charge in [0.15, 0.2) is 17.8 Å². The van der Waals surface area contributed by atoms with Crippen molar-refractivity contribution in [3.63, 3.8) is 0 Å². The maximum absolute atomic E-state index is 12.4. The summed E-state index contributed by atoms with van der Waals surface area (Å²) in [6.45, 7) is 6.54. The molecule has 1 aromatic heterocycles. The minimum atomic E-state index is -0.212. The lowest BCUT2D eigenvalue weighted by Gasteiger charge is -2.29. The molecule has 0 radical (unpaired) electrons. The molecule has 0 amide bonds. The number of H-pyrrole nitrogens is 1. The van der Waals surface area contributed by atoms with E-state index in [2.05, 4.69) is 36.1 Å². The number of aromatic nitrogens is 2. The number of carbonyl (C=O) groups excluding carboxylic acids is 1. The third kappa shape index (κ3) is 6.91. The number of carbonyl (C=O) groups is 1. The molecule has 35 heavy (non-hydrogen) atoms. The first kappa shape index (κ1) is 26.4. The highest BCUT2D eigenvalue weighted by molar-refractivity contribution is 5.83. The standard InChI is InChI=1S/C18H31N5O.C8H6O3/c1-4-6-9-14(5-2)20-17-15(11-19)18(24)22-16(21-17)13-8-7-10-23(3)12-13;9-4-6-2-1-3-7-8(6)11-5-10-7/h11,13-14,19H,4-10,12H2,1-3H3,(H2,20,21,22,24);1-4H,5H2. The van der Waals surface area contributed by atoms with E-state index in [1.54, 1.807) is 18.2 Å². The van der Waals surface area contributed by atoms with Crippen LogP contribution in [0.2, 0.25) is 0 Å². The molecule has 2 aromatic rings. The van der Waals surface area contributed by atoms with Gasteiger partial charge in [0.1, 0.15) is 11.6 Å². The smallest absolute Gasteiger partial charge is 0.261 e. The van der Waals surface area contributed by atoms with E-state index in [1.165, 1.54) is 0 Å². The number of hydrogen-bond donors (Lipinski definition) is 3. The SMILES string of the molecule is CCCCC(CC)Nc1nc(C2CCCN(C)C2)[nH]c(=O)c1C=N.O=Cc1cccc2c1OCO2. The fraction of sp³-hybridized carbons (Fsp3) is 0.538. The van der Waals surface area contributed by atoms with E-state index in [0.29, 0.717) is 34.5 Å². The van der Waals surface area contributed by atoms with Crippen molar-refractivity contribution in [2.75, 3.05) is 32.2 Å². The molecular formula is C26H37N5O4. The van der Waals surface area contributed by atoms with E-state index in [9.17, 15) is 9.59 Å². The van der Waals surface area contributed by atoms with Crippen molar-refractivity contribution in [3.8, 4) is 11.5 Å². The van der Waals surface area contributed by atoms with Crippen LogP contribution in [0.5, 0.6) is 11.5 Å². The summed E-state index contributed by atoms with van der Waals surface area (Å²) in [6.07, 6.45) is 8.36. The maximum atomic E-state index is 12.4. The van der Waals surface area contributed by atoms with Gasteiger partial charge in [0.25, 0.3) is 5.56 Å². The minimum absolute atomic E-state index is 0.209. The molecule has 190 valence electrons. The zero-order valence-electron chi connectivity index (χ0n) is 20.9. The number of aromatic amines is 1. The number of anilines is 1. The van der Waals surface area contributed by atoms with Crippen LogP contribution in [0, 0.1) is 5.41 Å². The summed E-state index contributed by atoms with van der Waals surface area (Å²) < 4.78 is 10.1. The van der Waals surface area contributed by atoms with Gasteiger partial charge in [-0.2, -0.15) is 0 Å². The molecule has 0 saturated carbocycles. The highest BCUT2D eigenvalue weighted by atomic mass is 16.7. The van der Waals surface area contributed by atoms with Crippen molar-refractivity contribution >= 4 is 18.3 Å². The average molecular weight is 484 g/mol. The number of fused-ring (bicyclic) bond motifs is 1. The van der Waals surface area contributed by atoms with Gasteiger partial charge in [-0.05, 0) is 51.4 Å². The molecule has 1 saturated heterocycles. The largest absolute Gasteiger partial charge is 0.454 e. The van der Waals surface area contributed by atoms with Crippen molar-refractivity contribution in [1.29, 1.82) is 5.41 Å². The number of unbranched alkanes of at least 4 members (excludes halogenated alkanes) is 1. The molecule has 1 aromatic carbocycles. The summed E-state index contributed by atoms with van der Waals surface area (Å²) in [5.41, 5.74) is 0.661. The van der Waals surface area contributed by atoms with E-state index < -0.39 is 0 Å². The van der Waals surface area contributed by atoms with Crippen LogP contribution >= 0.6 is 0 Å². The summed E-state index contributed by atoms with van der Waals surface area (Å²) in [4.78, 5) is 32.7. The van der Waals surface area contributed by atoms with Crippen molar-refractivity contribution in [2.45, 2.75) is 64.3 Å². The second-order valence-corrected chi connectivity index (χ2v) is 9.05. The van der Waals surface area contributed by atoms with E-state index in [4.69, 9.17) is 19.9 Å². The summed E-state index contributed by atoms with van der Waals surface area (Å²) in [7, 11) is 2.10. The monoisotopic (exact) mass is 483 g/mol. The molecule has 2 aliphatic heterocycles. The van der Waals surface area contributed by atoms with Crippen molar-refractivity contribution in [2.24, 2.45) is 0 Å². The molecule has 0 aliphatic carbocycles. The fourth-order valence-corrected chi connectivity index (χ4v) is 4.39. The topological polar surface area (TPSA) is 120 Å². The first-order chi connectivity index (χ1) is 17.0. The Balaban J connectivity index is 0.000000256. The van der Waals surface area contributed by atoms with Crippen LogP contribution in [0.3, 0.4) is 0 Å². The Morgan fingerprint density at radius 2 is 2.17 bits per heavy atom. The molecule has 3 heterocycles. The number of likely N-dealkylation sites (N-methyl/N-ethyl adjacent to an activating group) is 1. The number of ether oxygens (including phenoxy) is 2. The van der Waals surface area contributed by atoms with E-state index in [-0.39, 0.29) is 18.3 Å². The van der Waals surface area contributed by atoms with E-state index in [0.717, 1.165) is 69.9 Å². The Labute approximate surface area is 206 Å². The third-order valence-electron chi connectivity index (χ3n) is 6.42. The number of rotatable bonds is 9. The quantitative estimate of drug-likeness (QED) is 0.361. The van der Waals surface area contributed by atoms with Gasteiger partial charge in [0.05, 0.1) is 11.1 Å². The Kier molecular flexibility index (Phi) is 9.84. The van der Waals surface area contributed by atoms with Gasteiger partial charge in [0.2, 0.25) is 6.79 Å². The van der Waals surface area contributed by atoms with Gasteiger partial charge in [-0.15, -0.1) is 0 Å². The number of likely N-dealkylation sites (tertiary alicyclic amines) is 1. The number of nitrogens with one attached hydrogen (secondary N) is 3. The highest BCUT2D eigenvalue weighted by Crippen LogP contribution is 2.34. The number of hydrogen-bond acceptors (Lipinski definition) is 8. The first-order valence-electron chi connectivity index (χ1n) is 12.4. The highest BCUT2D eigenvalue weighted by Gasteiger charge is 2.23. The van der Waals surface area contributed by atoms with Gasteiger partial charge in [0, 0.05) is 24.7 Å². The second-order valence-electron chi connectivity index (χ2n) is 9.05. The number of piperidine rings is 1.